The second-order valence-electron chi connectivity index (χ2n) is 4.02. The fraction of sp³-hybridized carbons (Fsp3) is 0.462. The minimum atomic E-state index is -4.40. The summed E-state index contributed by atoms with van der Waals surface area (Å²) in [5.74, 6) is 0. The Bertz CT molecular complexity index is 428. The van der Waals surface area contributed by atoms with Gasteiger partial charge in [0.2, 0.25) is 0 Å². The summed E-state index contributed by atoms with van der Waals surface area (Å²) < 4.78 is 40.9. The fourth-order valence-electron chi connectivity index (χ4n) is 1.72. The van der Waals surface area contributed by atoms with Gasteiger partial charge in [0.25, 0.3) is 0 Å². The van der Waals surface area contributed by atoms with Gasteiger partial charge in [0.05, 0.1) is 12.7 Å². The van der Waals surface area contributed by atoms with Crippen LogP contribution < -0.4 is 5.32 Å². The lowest BCUT2D eigenvalue weighted by Crippen LogP contribution is -2.45. The predicted molar refractivity (Wildman–Crippen MR) is 64.3 cm³/mol. The average Bonchev–Trinajstić information content (AvgIpc) is 2.37. The fourth-order valence-corrected chi connectivity index (χ4v) is 1.72. The second kappa shape index (κ2) is 6.55. The van der Waals surface area contributed by atoms with Crippen LogP contribution in [0.1, 0.15) is 12.5 Å². The van der Waals surface area contributed by atoms with E-state index in [1.54, 1.807) is 37.3 Å². The zero-order chi connectivity index (χ0) is 14.4. The van der Waals surface area contributed by atoms with Gasteiger partial charge in [-0.25, -0.2) is 0 Å². The van der Waals surface area contributed by atoms with Crippen molar-refractivity contribution >= 4 is 0 Å². The zero-order valence-corrected chi connectivity index (χ0v) is 10.5. The lowest BCUT2D eigenvalue weighted by Gasteiger charge is -2.28. The van der Waals surface area contributed by atoms with Crippen LogP contribution in [0.5, 0.6) is 0 Å². The van der Waals surface area contributed by atoms with Gasteiger partial charge in [0.15, 0.2) is 5.54 Å². The molecule has 0 aliphatic rings. The molecule has 1 unspecified atom stereocenters. The van der Waals surface area contributed by atoms with Crippen LogP contribution in [0.2, 0.25) is 0 Å². The highest BCUT2D eigenvalue weighted by Gasteiger charge is 2.34. The number of likely N-dealkylation sites (N-methyl/N-ethyl adjacent to an activating group) is 1. The summed E-state index contributed by atoms with van der Waals surface area (Å²) in [6.45, 7) is 0.492. The summed E-state index contributed by atoms with van der Waals surface area (Å²) in [7, 11) is 0. The van der Waals surface area contributed by atoms with Crippen molar-refractivity contribution in [2.75, 3.05) is 19.8 Å². The van der Waals surface area contributed by atoms with Crippen molar-refractivity contribution in [1.82, 2.24) is 5.32 Å². The Morgan fingerprint density at radius 3 is 2.32 bits per heavy atom. The van der Waals surface area contributed by atoms with E-state index in [2.05, 4.69) is 10.1 Å². The average molecular weight is 272 g/mol. The molecule has 0 fully saturated rings. The van der Waals surface area contributed by atoms with E-state index in [0.29, 0.717) is 12.1 Å². The lowest BCUT2D eigenvalue weighted by atomic mass is 9.92. The number of benzene rings is 1. The summed E-state index contributed by atoms with van der Waals surface area (Å²) in [6, 6.07) is 10.6. The molecule has 1 rings (SSSR count). The van der Waals surface area contributed by atoms with Crippen molar-refractivity contribution in [2.45, 2.75) is 18.6 Å². The van der Waals surface area contributed by atoms with E-state index in [9.17, 15) is 18.4 Å². The van der Waals surface area contributed by atoms with E-state index in [-0.39, 0.29) is 6.61 Å². The van der Waals surface area contributed by atoms with Crippen LogP contribution in [-0.2, 0) is 10.3 Å². The van der Waals surface area contributed by atoms with E-state index in [4.69, 9.17) is 0 Å². The van der Waals surface area contributed by atoms with Crippen LogP contribution in [0, 0.1) is 11.3 Å². The van der Waals surface area contributed by atoms with Gasteiger partial charge in [-0.2, -0.15) is 18.4 Å². The van der Waals surface area contributed by atoms with Crippen molar-refractivity contribution in [3.05, 3.63) is 35.9 Å². The minimum absolute atomic E-state index is 0.360. The van der Waals surface area contributed by atoms with Gasteiger partial charge in [0, 0.05) is 0 Å². The largest absolute Gasteiger partial charge is 0.411 e. The van der Waals surface area contributed by atoms with Crippen molar-refractivity contribution in [3.8, 4) is 6.07 Å². The van der Waals surface area contributed by atoms with E-state index in [0.717, 1.165) is 0 Å². The number of alkyl halides is 3. The number of halogens is 3. The SMILES string of the molecule is CCNC(C#N)(COCC(F)(F)F)c1ccccc1. The molecule has 1 aromatic rings. The third-order valence-corrected chi connectivity index (χ3v) is 2.52. The van der Waals surface area contributed by atoms with Gasteiger partial charge in [0.1, 0.15) is 6.61 Å². The van der Waals surface area contributed by atoms with Crippen LogP contribution in [0.3, 0.4) is 0 Å². The standard InChI is InChI=1S/C13H15F3N2O/c1-2-18-12(8-17,9-19-10-13(14,15)16)11-6-4-3-5-7-11/h3-7,18H,2,9-10H2,1H3. The molecule has 0 aliphatic heterocycles. The number of nitrogens with one attached hydrogen (secondary N) is 1. The van der Waals surface area contributed by atoms with Gasteiger partial charge in [-0.3, -0.25) is 5.32 Å². The number of ether oxygens (including phenoxy) is 1. The Morgan fingerprint density at radius 1 is 1.21 bits per heavy atom. The number of hydrogen-bond donors (Lipinski definition) is 1. The summed E-state index contributed by atoms with van der Waals surface area (Å²) >= 11 is 0. The molecular weight excluding hydrogens is 257 g/mol. The molecule has 0 amide bonds. The predicted octanol–water partition coefficient (Wildman–Crippen LogP) is 2.59. The first-order valence-corrected chi connectivity index (χ1v) is 5.80. The molecule has 1 atom stereocenters. The molecule has 1 N–H and O–H groups in total. The first kappa shape index (κ1) is 15.5. The normalized spacial score (nSPS) is 14.7. The number of nitriles is 1. The Hall–Kier alpha value is -1.58. The highest BCUT2D eigenvalue weighted by Crippen LogP contribution is 2.22. The monoisotopic (exact) mass is 272 g/mol. The number of nitrogens with zero attached hydrogens (tertiary/aromatic N) is 1. The molecule has 0 radical (unpaired) electrons. The molecule has 104 valence electrons. The molecule has 0 saturated heterocycles. The molecule has 0 heterocycles. The first-order chi connectivity index (χ1) is 8.93. The van der Waals surface area contributed by atoms with Crippen molar-refractivity contribution in [3.63, 3.8) is 0 Å². The molecule has 0 aliphatic carbocycles. The smallest absolute Gasteiger partial charge is 0.369 e. The highest BCUT2D eigenvalue weighted by atomic mass is 19.4. The van der Waals surface area contributed by atoms with E-state index < -0.39 is 18.3 Å². The molecule has 0 bridgehead atoms. The third-order valence-electron chi connectivity index (χ3n) is 2.52. The van der Waals surface area contributed by atoms with Gasteiger partial charge in [-0.05, 0) is 12.1 Å². The Morgan fingerprint density at radius 2 is 1.84 bits per heavy atom. The maximum absolute atomic E-state index is 12.1. The molecule has 0 saturated carbocycles. The van der Waals surface area contributed by atoms with E-state index >= 15 is 0 Å². The van der Waals surface area contributed by atoms with Crippen LogP contribution in [0.15, 0.2) is 30.3 Å². The molecule has 6 heteroatoms. The summed E-state index contributed by atoms with van der Waals surface area (Å²) in [6.07, 6.45) is -4.40. The van der Waals surface area contributed by atoms with Crippen LogP contribution in [-0.4, -0.2) is 25.9 Å². The topological polar surface area (TPSA) is 45.0 Å². The number of rotatable bonds is 6. The maximum atomic E-state index is 12.1. The quantitative estimate of drug-likeness (QED) is 0.865. The zero-order valence-electron chi connectivity index (χ0n) is 10.5. The Kier molecular flexibility index (Phi) is 5.33. The molecule has 0 spiro atoms. The molecule has 0 aromatic heterocycles. The number of hydrogen-bond acceptors (Lipinski definition) is 3. The van der Waals surface area contributed by atoms with Crippen molar-refractivity contribution < 1.29 is 17.9 Å². The van der Waals surface area contributed by atoms with Crippen LogP contribution in [0.25, 0.3) is 0 Å². The van der Waals surface area contributed by atoms with Gasteiger partial charge < -0.3 is 4.74 Å². The summed E-state index contributed by atoms with van der Waals surface area (Å²) in [5.41, 5.74) is -0.678. The minimum Gasteiger partial charge on any atom is -0.369 e. The van der Waals surface area contributed by atoms with Crippen molar-refractivity contribution in [2.24, 2.45) is 0 Å². The van der Waals surface area contributed by atoms with E-state index in [1.165, 1.54) is 0 Å². The highest BCUT2D eigenvalue weighted by molar-refractivity contribution is 5.31. The van der Waals surface area contributed by atoms with Crippen LogP contribution >= 0.6 is 0 Å². The summed E-state index contributed by atoms with van der Waals surface area (Å²) in [4.78, 5) is 0. The van der Waals surface area contributed by atoms with Crippen LogP contribution in [0.4, 0.5) is 13.2 Å². The molecule has 1 aromatic carbocycles. The molecule has 3 nitrogen and oxygen atoms in total. The third kappa shape index (κ3) is 4.54. The van der Waals surface area contributed by atoms with Gasteiger partial charge in [-0.15, -0.1) is 0 Å². The Balaban J connectivity index is 2.85. The first-order valence-electron chi connectivity index (χ1n) is 5.80. The molecule has 19 heavy (non-hydrogen) atoms. The van der Waals surface area contributed by atoms with Gasteiger partial charge in [-0.1, -0.05) is 37.3 Å². The molecular formula is C13H15F3N2O. The lowest BCUT2D eigenvalue weighted by molar-refractivity contribution is -0.177. The maximum Gasteiger partial charge on any atom is 0.411 e. The van der Waals surface area contributed by atoms with Gasteiger partial charge >= 0.3 is 6.18 Å². The summed E-state index contributed by atoms with van der Waals surface area (Å²) in [5, 5.41) is 12.2. The Labute approximate surface area is 110 Å². The van der Waals surface area contributed by atoms with E-state index in [1.807, 2.05) is 6.07 Å². The van der Waals surface area contributed by atoms with Crippen molar-refractivity contribution in [1.29, 1.82) is 5.26 Å². The second-order valence-corrected chi connectivity index (χ2v) is 4.02.